The highest BCUT2D eigenvalue weighted by molar-refractivity contribution is 9.10. The Morgan fingerprint density at radius 1 is 0.969 bits per heavy atom. The smallest absolute Gasteiger partial charge is 0.243 e. The van der Waals surface area contributed by atoms with Crippen LogP contribution < -0.4 is 0 Å². The van der Waals surface area contributed by atoms with Gasteiger partial charge in [-0.1, -0.05) is 57.9 Å². The Hall–Kier alpha value is -2.26. The molecule has 9 heteroatoms. The Bertz CT molecular complexity index is 1190. The molecule has 0 spiro atoms. The Morgan fingerprint density at radius 3 is 2.22 bits per heavy atom. The lowest BCUT2D eigenvalue weighted by atomic mass is 10.2. The molecule has 0 fully saturated rings. The highest BCUT2D eigenvalue weighted by atomic mass is 79.9. The number of nitrogens with zero attached hydrogens (tertiary/aromatic N) is 2. The van der Waals surface area contributed by atoms with E-state index in [1.807, 2.05) is 0 Å². The zero-order valence-electron chi connectivity index (χ0n) is 17.2. The number of carbonyl (C=O) groups excluding carboxylic acids is 1. The van der Waals surface area contributed by atoms with E-state index in [2.05, 4.69) is 15.9 Å². The van der Waals surface area contributed by atoms with Gasteiger partial charge in [0, 0.05) is 35.2 Å². The Labute approximate surface area is 200 Å². The highest BCUT2D eigenvalue weighted by Gasteiger charge is 2.28. The average molecular weight is 540 g/mol. The molecule has 0 heterocycles. The van der Waals surface area contributed by atoms with Gasteiger partial charge in [0.1, 0.15) is 5.82 Å². The lowest BCUT2D eigenvalue weighted by Crippen LogP contribution is -2.41. The van der Waals surface area contributed by atoms with Crippen molar-refractivity contribution in [3.05, 3.63) is 99.2 Å². The van der Waals surface area contributed by atoms with Crippen molar-refractivity contribution in [1.82, 2.24) is 9.21 Å². The third-order valence-corrected chi connectivity index (χ3v) is 7.41. The second-order valence-electron chi connectivity index (χ2n) is 7.19. The molecule has 0 radical (unpaired) electrons. The quantitative estimate of drug-likeness (QED) is 0.401. The Morgan fingerprint density at radius 2 is 1.59 bits per heavy atom. The van der Waals surface area contributed by atoms with E-state index in [4.69, 9.17) is 11.6 Å². The number of likely N-dealkylation sites (N-methyl/N-ethyl adjacent to an activating group) is 1. The summed E-state index contributed by atoms with van der Waals surface area (Å²) in [7, 11) is -2.46. The van der Waals surface area contributed by atoms with Gasteiger partial charge in [0.15, 0.2) is 0 Å². The van der Waals surface area contributed by atoms with Crippen molar-refractivity contribution >= 4 is 43.5 Å². The first-order chi connectivity index (χ1) is 15.2. The molecule has 3 aromatic carbocycles. The number of amides is 1. The van der Waals surface area contributed by atoms with Crippen molar-refractivity contribution in [1.29, 1.82) is 0 Å². The molecule has 0 aromatic heterocycles. The van der Waals surface area contributed by atoms with Crippen LogP contribution in [0.15, 0.2) is 82.2 Å². The van der Waals surface area contributed by atoms with Crippen LogP contribution in [0.4, 0.5) is 4.39 Å². The molecule has 0 unspecified atom stereocenters. The summed E-state index contributed by atoms with van der Waals surface area (Å²) in [6.07, 6.45) is 0. The summed E-state index contributed by atoms with van der Waals surface area (Å²) in [5.41, 5.74) is 1.03. The summed E-state index contributed by atoms with van der Waals surface area (Å²) >= 11 is 9.23. The SMILES string of the molecule is CN(Cc1ccccc1F)C(=O)CN(Cc1ccc(Cl)cc1)S(=O)(=O)c1ccc(Br)cc1. The van der Waals surface area contributed by atoms with Gasteiger partial charge in [0.2, 0.25) is 15.9 Å². The van der Waals surface area contributed by atoms with Gasteiger partial charge in [0.05, 0.1) is 11.4 Å². The molecule has 0 N–H and O–H groups in total. The molecule has 5 nitrogen and oxygen atoms in total. The number of sulfonamides is 1. The van der Waals surface area contributed by atoms with Gasteiger partial charge >= 0.3 is 0 Å². The fraction of sp³-hybridized carbons (Fsp3) is 0.174. The minimum absolute atomic E-state index is 0.0190. The number of carbonyl (C=O) groups is 1. The summed E-state index contributed by atoms with van der Waals surface area (Å²) < 4.78 is 42.5. The summed E-state index contributed by atoms with van der Waals surface area (Å²) in [4.78, 5) is 14.3. The lowest BCUT2D eigenvalue weighted by Gasteiger charge is -2.25. The number of hydrogen-bond acceptors (Lipinski definition) is 3. The van der Waals surface area contributed by atoms with Crippen LogP contribution >= 0.6 is 27.5 Å². The molecule has 0 aliphatic rings. The first-order valence-electron chi connectivity index (χ1n) is 9.64. The number of halogens is 3. The van der Waals surface area contributed by atoms with Crippen LogP contribution in [0, 0.1) is 5.82 Å². The van der Waals surface area contributed by atoms with Crippen molar-refractivity contribution in [3.63, 3.8) is 0 Å². The van der Waals surface area contributed by atoms with Crippen LogP contribution in [0.25, 0.3) is 0 Å². The zero-order valence-corrected chi connectivity index (χ0v) is 20.4. The molecule has 1 amide bonds. The first-order valence-corrected chi connectivity index (χ1v) is 12.3. The van der Waals surface area contributed by atoms with Gasteiger partial charge in [0.25, 0.3) is 0 Å². The van der Waals surface area contributed by atoms with E-state index >= 15 is 0 Å². The summed E-state index contributed by atoms with van der Waals surface area (Å²) in [5, 5.41) is 0.525. The van der Waals surface area contributed by atoms with Gasteiger partial charge in [-0.25, -0.2) is 12.8 Å². The van der Waals surface area contributed by atoms with Crippen molar-refractivity contribution in [2.75, 3.05) is 13.6 Å². The fourth-order valence-electron chi connectivity index (χ4n) is 3.02. The number of hydrogen-bond donors (Lipinski definition) is 0. The molecule has 3 rings (SSSR count). The van der Waals surface area contributed by atoms with E-state index < -0.39 is 28.3 Å². The molecule has 0 bridgehead atoms. The summed E-state index contributed by atoms with van der Waals surface area (Å²) in [6, 6.07) is 19.1. The topological polar surface area (TPSA) is 57.7 Å². The van der Waals surface area contributed by atoms with Crippen molar-refractivity contribution in [2.24, 2.45) is 0 Å². The van der Waals surface area contributed by atoms with Gasteiger partial charge in [-0.2, -0.15) is 4.31 Å². The van der Waals surface area contributed by atoms with Crippen LogP contribution in [-0.2, 0) is 27.9 Å². The fourth-order valence-corrected chi connectivity index (χ4v) is 4.78. The first kappa shape index (κ1) is 24.4. The van der Waals surface area contributed by atoms with Crippen molar-refractivity contribution < 1.29 is 17.6 Å². The highest BCUT2D eigenvalue weighted by Crippen LogP contribution is 2.22. The van der Waals surface area contributed by atoms with Gasteiger partial charge in [-0.15, -0.1) is 0 Å². The third kappa shape index (κ3) is 6.16. The van der Waals surface area contributed by atoms with Gasteiger partial charge in [-0.3, -0.25) is 4.79 Å². The average Bonchev–Trinajstić information content (AvgIpc) is 2.76. The molecule has 0 aliphatic heterocycles. The second-order valence-corrected chi connectivity index (χ2v) is 10.5. The molecule has 168 valence electrons. The molecule has 32 heavy (non-hydrogen) atoms. The monoisotopic (exact) mass is 538 g/mol. The van der Waals surface area contributed by atoms with Crippen LogP contribution in [0.2, 0.25) is 5.02 Å². The maximum atomic E-state index is 14.0. The normalized spacial score (nSPS) is 11.5. The molecule has 0 saturated heterocycles. The standard InChI is InChI=1S/C23H21BrClFN2O3S/c1-27(15-18-4-2-3-5-22(18)26)23(29)16-28(14-17-6-10-20(25)11-7-17)32(30,31)21-12-8-19(24)9-13-21/h2-13H,14-16H2,1H3. The molecule has 0 saturated carbocycles. The van der Waals surface area contributed by atoms with E-state index in [0.717, 1.165) is 8.78 Å². The van der Waals surface area contributed by atoms with Crippen molar-refractivity contribution in [2.45, 2.75) is 18.0 Å². The predicted molar refractivity (Wildman–Crippen MR) is 126 cm³/mol. The molecular formula is C23H21BrClFN2O3S. The maximum Gasteiger partial charge on any atom is 0.243 e. The van der Waals surface area contributed by atoms with E-state index in [9.17, 15) is 17.6 Å². The minimum atomic E-state index is -3.98. The van der Waals surface area contributed by atoms with Crippen LogP contribution in [-0.4, -0.2) is 37.1 Å². The molecule has 0 atom stereocenters. The third-order valence-electron chi connectivity index (χ3n) is 4.83. The summed E-state index contributed by atoms with van der Waals surface area (Å²) in [6.45, 7) is -0.389. The summed E-state index contributed by atoms with van der Waals surface area (Å²) in [5.74, 6) is -0.879. The Balaban J connectivity index is 1.86. The van der Waals surface area contributed by atoms with Gasteiger partial charge in [-0.05, 0) is 48.0 Å². The van der Waals surface area contributed by atoms with E-state index in [1.54, 1.807) is 54.6 Å². The van der Waals surface area contributed by atoms with Gasteiger partial charge < -0.3 is 4.90 Å². The molecular weight excluding hydrogens is 519 g/mol. The number of rotatable bonds is 8. The lowest BCUT2D eigenvalue weighted by molar-refractivity contribution is -0.130. The minimum Gasteiger partial charge on any atom is -0.340 e. The largest absolute Gasteiger partial charge is 0.340 e. The van der Waals surface area contributed by atoms with E-state index in [0.29, 0.717) is 16.1 Å². The van der Waals surface area contributed by atoms with Crippen LogP contribution in [0.5, 0.6) is 0 Å². The van der Waals surface area contributed by atoms with E-state index in [-0.39, 0.29) is 18.0 Å². The van der Waals surface area contributed by atoms with Crippen molar-refractivity contribution in [3.8, 4) is 0 Å². The zero-order chi connectivity index (χ0) is 23.3. The number of benzene rings is 3. The van der Waals surface area contributed by atoms with Crippen LogP contribution in [0.1, 0.15) is 11.1 Å². The second kappa shape index (κ2) is 10.6. The molecule has 3 aromatic rings. The maximum absolute atomic E-state index is 14.0. The van der Waals surface area contributed by atoms with Crippen LogP contribution in [0.3, 0.4) is 0 Å². The molecule has 0 aliphatic carbocycles. The van der Waals surface area contributed by atoms with E-state index in [1.165, 1.54) is 30.1 Å². The Kier molecular flexibility index (Phi) is 8.05. The predicted octanol–water partition coefficient (Wildman–Crippen LogP) is 5.09.